The molecule has 0 N–H and O–H groups in total. The van der Waals surface area contributed by atoms with Crippen molar-refractivity contribution in [2.75, 3.05) is 0 Å². The van der Waals surface area contributed by atoms with Crippen LogP contribution in [-0.2, 0) is 0 Å². The number of rotatable bonds is 4. The smallest absolute Gasteiger partial charge is 0.135 e. The van der Waals surface area contributed by atoms with Crippen LogP contribution in [0.4, 0.5) is 11.4 Å². The van der Waals surface area contributed by atoms with E-state index in [9.17, 15) is 0 Å². The molecule has 0 bridgehead atoms. The van der Waals surface area contributed by atoms with Crippen LogP contribution in [0.5, 0.6) is 0 Å². The molecule has 0 radical (unpaired) electrons. The molecule has 0 saturated carbocycles. The van der Waals surface area contributed by atoms with Crippen molar-refractivity contribution in [2.45, 2.75) is 6.92 Å². The number of azo groups is 1. The van der Waals surface area contributed by atoms with Crippen LogP contribution in [0.1, 0.15) is 5.69 Å². The first-order chi connectivity index (χ1) is 12.8. The second kappa shape index (κ2) is 7.15. The summed E-state index contributed by atoms with van der Waals surface area (Å²) in [7, 11) is 0. The molecule has 4 aromatic rings. The van der Waals surface area contributed by atoms with E-state index >= 15 is 0 Å². The molecule has 0 aliphatic heterocycles. The predicted octanol–water partition coefficient (Wildman–Crippen LogP) is 6.26. The summed E-state index contributed by atoms with van der Waals surface area (Å²) in [5, 5.41) is 13.7. The van der Waals surface area contributed by atoms with Gasteiger partial charge in [-0.05, 0) is 31.2 Å². The van der Waals surface area contributed by atoms with E-state index in [2.05, 4.69) is 22.4 Å². The van der Waals surface area contributed by atoms with Crippen LogP contribution in [-0.4, -0.2) is 9.78 Å². The summed E-state index contributed by atoms with van der Waals surface area (Å²) in [5.41, 5.74) is 5.43. The number of aryl methyl sites for hydroxylation is 1. The molecule has 0 fully saturated rings. The van der Waals surface area contributed by atoms with E-state index < -0.39 is 0 Å². The first kappa shape index (κ1) is 16.0. The minimum absolute atomic E-state index is 0.781. The Hall–Kier alpha value is -3.53. The summed E-state index contributed by atoms with van der Waals surface area (Å²) in [5.74, 6) is 0. The third kappa shape index (κ3) is 3.17. The number of benzene rings is 3. The maximum Gasteiger partial charge on any atom is 0.135 e. The summed E-state index contributed by atoms with van der Waals surface area (Å²) >= 11 is 0. The molecular weight excluding hydrogens is 320 g/mol. The van der Waals surface area contributed by atoms with Crippen molar-refractivity contribution >= 4 is 11.4 Å². The van der Waals surface area contributed by atoms with Gasteiger partial charge in [0.15, 0.2) is 0 Å². The highest BCUT2D eigenvalue weighted by atomic mass is 15.3. The fraction of sp³-hybridized carbons (Fsp3) is 0.0455. The number of para-hydroxylation sites is 1. The maximum atomic E-state index is 4.73. The van der Waals surface area contributed by atoms with Gasteiger partial charge in [0.2, 0.25) is 0 Å². The van der Waals surface area contributed by atoms with E-state index in [-0.39, 0.29) is 0 Å². The second-order valence-corrected chi connectivity index (χ2v) is 5.93. The summed E-state index contributed by atoms with van der Waals surface area (Å²) < 4.78 is 1.93. The SMILES string of the molecule is Cc1nn(-c2ccccc2)c(-c2ccccc2)c1N=Nc1ccccc1. The van der Waals surface area contributed by atoms with Gasteiger partial charge in [-0.3, -0.25) is 0 Å². The molecule has 26 heavy (non-hydrogen) atoms. The van der Waals surface area contributed by atoms with Gasteiger partial charge in [0.25, 0.3) is 0 Å². The van der Waals surface area contributed by atoms with Crippen LogP contribution in [0.25, 0.3) is 16.9 Å². The van der Waals surface area contributed by atoms with Gasteiger partial charge in [0, 0.05) is 5.56 Å². The van der Waals surface area contributed by atoms with Gasteiger partial charge in [-0.25, -0.2) is 4.68 Å². The maximum absolute atomic E-state index is 4.73. The zero-order chi connectivity index (χ0) is 17.8. The van der Waals surface area contributed by atoms with Crippen LogP contribution < -0.4 is 0 Å². The fourth-order valence-corrected chi connectivity index (χ4v) is 2.85. The van der Waals surface area contributed by atoms with Gasteiger partial charge < -0.3 is 0 Å². The van der Waals surface area contributed by atoms with Crippen LogP contribution in [0, 0.1) is 6.92 Å². The lowest BCUT2D eigenvalue weighted by Crippen LogP contribution is -1.98. The number of nitrogens with zero attached hydrogens (tertiary/aromatic N) is 4. The van der Waals surface area contributed by atoms with Gasteiger partial charge >= 0.3 is 0 Å². The molecule has 0 amide bonds. The lowest BCUT2D eigenvalue weighted by atomic mass is 10.1. The third-order valence-electron chi connectivity index (χ3n) is 4.10. The van der Waals surface area contributed by atoms with Gasteiger partial charge in [0.1, 0.15) is 11.4 Å². The molecule has 0 saturated heterocycles. The Labute approximate surface area is 152 Å². The molecule has 0 aliphatic rings. The molecule has 126 valence electrons. The molecule has 3 aromatic carbocycles. The van der Waals surface area contributed by atoms with Crippen molar-refractivity contribution in [1.82, 2.24) is 9.78 Å². The zero-order valence-corrected chi connectivity index (χ0v) is 14.4. The molecule has 0 unspecified atom stereocenters. The Morgan fingerprint density at radius 1 is 0.692 bits per heavy atom. The Kier molecular flexibility index (Phi) is 4.39. The minimum Gasteiger partial charge on any atom is -0.230 e. The number of hydrogen-bond acceptors (Lipinski definition) is 3. The monoisotopic (exact) mass is 338 g/mol. The zero-order valence-electron chi connectivity index (χ0n) is 14.4. The van der Waals surface area contributed by atoms with Gasteiger partial charge in [0.05, 0.1) is 17.1 Å². The molecule has 0 spiro atoms. The quantitative estimate of drug-likeness (QED) is 0.405. The van der Waals surface area contributed by atoms with Crippen LogP contribution in [0.2, 0.25) is 0 Å². The first-order valence-corrected chi connectivity index (χ1v) is 8.50. The summed E-state index contributed by atoms with van der Waals surface area (Å²) in [6.45, 7) is 1.96. The largest absolute Gasteiger partial charge is 0.230 e. The van der Waals surface area contributed by atoms with E-state index in [0.29, 0.717) is 0 Å². The average Bonchev–Trinajstić information content (AvgIpc) is 3.05. The van der Waals surface area contributed by atoms with E-state index in [4.69, 9.17) is 5.10 Å². The summed E-state index contributed by atoms with van der Waals surface area (Å²) in [6, 6.07) is 30.0. The van der Waals surface area contributed by atoms with Gasteiger partial charge in [-0.1, -0.05) is 66.7 Å². The molecule has 4 rings (SSSR count). The Bertz CT molecular complexity index is 1020. The van der Waals surface area contributed by atoms with Gasteiger partial charge in [-0.15, -0.1) is 5.11 Å². The molecule has 0 atom stereocenters. The lowest BCUT2D eigenvalue weighted by Gasteiger charge is -2.08. The Morgan fingerprint density at radius 2 is 1.27 bits per heavy atom. The highest BCUT2D eigenvalue weighted by Gasteiger charge is 2.18. The predicted molar refractivity (Wildman–Crippen MR) is 104 cm³/mol. The van der Waals surface area contributed by atoms with Gasteiger partial charge in [-0.2, -0.15) is 10.2 Å². The molecule has 0 aliphatic carbocycles. The molecule has 1 aromatic heterocycles. The van der Waals surface area contributed by atoms with Crippen molar-refractivity contribution in [1.29, 1.82) is 0 Å². The van der Waals surface area contributed by atoms with Crippen molar-refractivity contribution < 1.29 is 0 Å². The van der Waals surface area contributed by atoms with Crippen molar-refractivity contribution in [2.24, 2.45) is 10.2 Å². The van der Waals surface area contributed by atoms with Crippen molar-refractivity contribution in [3.05, 3.63) is 96.7 Å². The topological polar surface area (TPSA) is 42.5 Å². The fourth-order valence-electron chi connectivity index (χ4n) is 2.85. The van der Waals surface area contributed by atoms with Crippen molar-refractivity contribution in [3.8, 4) is 16.9 Å². The Balaban J connectivity index is 1.89. The highest BCUT2D eigenvalue weighted by Crippen LogP contribution is 2.36. The minimum atomic E-state index is 0.781. The number of aromatic nitrogens is 2. The number of hydrogen-bond donors (Lipinski definition) is 0. The van der Waals surface area contributed by atoms with E-state index in [1.54, 1.807) is 0 Å². The Morgan fingerprint density at radius 3 is 1.92 bits per heavy atom. The second-order valence-electron chi connectivity index (χ2n) is 5.93. The van der Waals surface area contributed by atoms with E-state index in [1.807, 2.05) is 90.5 Å². The molecule has 1 heterocycles. The van der Waals surface area contributed by atoms with E-state index in [0.717, 1.165) is 34.0 Å². The normalized spacial score (nSPS) is 11.1. The summed E-state index contributed by atoms with van der Waals surface area (Å²) in [6.07, 6.45) is 0. The van der Waals surface area contributed by atoms with Crippen LogP contribution >= 0.6 is 0 Å². The van der Waals surface area contributed by atoms with Crippen LogP contribution in [0.3, 0.4) is 0 Å². The lowest BCUT2D eigenvalue weighted by molar-refractivity contribution is 0.869. The first-order valence-electron chi connectivity index (χ1n) is 8.50. The van der Waals surface area contributed by atoms with Crippen molar-refractivity contribution in [3.63, 3.8) is 0 Å². The average molecular weight is 338 g/mol. The van der Waals surface area contributed by atoms with Crippen LogP contribution in [0.15, 0.2) is 101 Å². The molecule has 4 heteroatoms. The van der Waals surface area contributed by atoms with E-state index in [1.165, 1.54) is 0 Å². The molecule has 4 nitrogen and oxygen atoms in total. The molecular formula is C22H18N4. The highest BCUT2D eigenvalue weighted by molar-refractivity contribution is 5.76. The third-order valence-corrected chi connectivity index (χ3v) is 4.10. The standard InChI is InChI=1S/C22H18N4/c1-17-21(24-23-19-13-7-3-8-14-19)22(18-11-5-2-6-12-18)26(25-17)20-15-9-4-10-16-20/h2-16H,1H3. The summed E-state index contributed by atoms with van der Waals surface area (Å²) in [4.78, 5) is 0.